The minimum absolute atomic E-state index is 0.0281. The Morgan fingerprint density at radius 1 is 1.65 bits per heavy atom. The van der Waals surface area contributed by atoms with Crippen molar-refractivity contribution in [2.75, 3.05) is 6.61 Å². The Hall–Kier alpha value is -1.60. The van der Waals surface area contributed by atoms with Crippen LogP contribution in [0.5, 0.6) is 0 Å². The van der Waals surface area contributed by atoms with Gasteiger partial charge < -0.3 is 0 Å². The fourth-order valence-electron chi connectivity index (χ4n) is 2.12. The molecule has 0 bridgehead atoms. The van der Waals surface area contributed by atoms with E-state index in [1.54, 1.807) is 0 Å². The van der Waals surface area contributed by atoms with Crippen LogP contribution in [0, 0.1) is 5.82 Å². The van der Waals surface area contributed by atoms with Crippen LogP contribution in [0.2, 0.25) is 9.63 Å². The number of aliphatic hydroxyl groups excluding tert-OH is 1. The van der Waals surface area contributed by atoms with Crippen LogP contribution in [0.1, 0.15) is 6.42 Å². The third kappa shape index (κ3) is 3.10. The van der Waals surface area contributed by atoms with Gasteiger partial charge in [0.05, 0.1) is 0 Å². The van der Waals surface area contributed by atoms with Crippen molar-refractivity contribution in [3.8, 4) is 0 Å². The monoisotopic (exact) mass is 349 g/mol. The molecule has 0 saturated carbocycles. The number of nitrogens with zero attached hydrogens (tertiary/aromatic N) is 4. The average molecular weight is 348 g/mol. The average Bonchev–Trinajstić information content (AvgIpc) is 2.78. The molecule has 1 aliphatic rings. The summed E-state index contributed by atoms with van der Waals surface area (Å²) in [6, 6.07) is -0.293. The summed E-state index contributed by atoms with van der Waals surface area (Å²) in [6.07, 6.45) is 1.43. The summed E-state index contributed by atoms with van der Waals surface area (Å²) >= 11 is -0.0281. The molecule has 0 spiro atoms. The molecule has 2 N–H and O–H groups in total. The molecule has 3 unspecified atom stereocenters. The van der Waals surface area contributed by atoms with Crippen molar-refractivity contribution < 1.29 is 9.50 Å². The second kappa shape index (κ2) is 6.23. The van der Waals surface area contributed by atoms with E-state index in [9.17, 15) is 19.1 Å². The molecule has 20 heavy (non-hydrogen) atoms. The SMILES string of the molecule is [N-]=[N+]=NC1CC(Cn2cc(F)c(=O)[nH]c2=O)[Se]C1CO. The number of rotatable bonds is 4. The van der Waals surface area contributed by atoms with Crippen LogP contribution in [0.15, 0.2) is 20.9 Å². The van der Waals surface area contributed by atoms with E-state index in [4.69, 9.17) is 5.53 Å². The number of nitrogens with one attached hydrogen (secondary N) is 1. The molecular formula is C10H12FN5O3Se. The molecule has 3 atom stereocenters. The summed E-state index contributed by atoms with van der Waals surface area (Å²) in [5.74, 6) is -1.01. The zero-order valence-corrected chi connectivity index (χ0v) is 12.0. The van der Waals surface area contributed by atoms with Crippen LogP contribution in [-0.4, -0.2) is 42.3 Å². The molecule has 2 rings (SSSR count). The normalized spacial score (nSPS) is 25.4. The van der Waals surface area contributed by atoms with Gasteiger partial charge >= 0.3 is 118 Å². The second-order valence-electron chi connectivity index (χ2n) is 4.38. The van der Waals surface area contributed by atoms with Gasteiger partial charge in [0.2, 0.25) is 0 Å². The predicted octanol–water partition coefficient (Wildman–Crippen LogP) is 0.0318. The first-order chi connectivity index (χ1) is 9.55. The summed E-state index contributed by atoms with van der Waals surface area (Å²) in [5, 5.41) is 12.9. The van der Waals surface area contributed by atoms with E-state index < -0.39 is 17.1 Å². The van der Waals surface area contributed by atoms with Gasteiger partial charge in [-0.15, -0.1) is 0 Å². The molecule has 1 aromatic rings. The van der Waals surface area contributed by atoms with Crippen LogP contribution in [0.3, 0.4) is 0 Å². The zero-order chi connectivity index (χ0) is 14.7. The van der Waals surface area contributed by atoms with E-state index >= 15 is 0 Å². The van der Waals surface area contributed by atoms with Crippen LogP contribution >= 0.6 is 0 Å². The molecule has 108 valence electrons. The number of H-pyrrole nitrogens is 1. The first-order valence-corrected chi connectivity index (χ1v) is 7.82. The number of azide groups is 1. The molecule has 2 heterocycles. The van der Waals surface area contributed by atoms with Crippen molar-refractivity contribution in [1.82, 2.24) is 9.55 Å². The molecule has 1 saturated heterocycles. The third-order valence-corrected chi connectivity index (χ3v) is 6.28. The minimum atomic E-state index is -1.04. The third-order valence-electron chi connectivity index (χ3n) is 3.05. The fourth-order valence-corrected chi connectivity index (χ4v) is 5.23. The standard InChI is InChI=1S/C10H12FN5O3Se/c11-6-3-16(10(19)13-9(6)18)2-5-1-7(14-15-12)8(4-17)20-5/h3,5,7-8,17H,1-2,4H2,(H,13,18,19). The number of hydrogen-bond donors (Lipinski definition) is 2. The molecule has 10 heteroatoms. The van der Waals surface area contributed by atoms with E-state index in [2.05, 4.69) is 10.0 Å². The van der Waals surface area contributed by atoms with E-state index in [1.807, 2.05) is 4.98 Å². The van der Waals surface area contributed by atoms with Gasteiger partial charge in [-0.05, 0) is 0 Å². The molecular weight excluding hydrogens is 336 g/mol. The van der Waals surface area contributed by atoms with Crippen molar-refractivity contribution in [1.29, 1.82) is 0 Å². The van der Waals surface area contributed by atoms with Gasteiger partial charge in [0, 0.05) is 0 Å². The van der Waals surface area contributed by atoms with Gasteiger partial charge in [-0.1, -0.05) is 0 Å². The topological polar surface area (TPSA) is 124 Å². The van der Waals surface area contributed by atoms with Gasteiger partial charge in [0.15, 0.2) is 0 Å². The van der Waals surface area contributed by atoms with Crippen molar-refractivity contribution in [3.63, 3.8) is 0 Å². The Morgan fingerprint density at radius 3 is 3.05 bits per heavy atom. The summed E-state index contributed by atoms with van der Waals surface area (Å²) in [7, 11) is 0. The Balaban J connectivity index is 2.16. The van der Waals surface area contributed by atoms with Crippen LogP contribution in [-0.2, 0) is 6.54 Å². The zero-order valence-electron chi connectivity index (χ0n) is 10.3. The van der Waals surface area contributed by atoms with Crippen molar-refractivity contribution >= 4 is 15.0 Å². The van der Waals surface area contributed by atoms with Crippen LogP contribution in [0.25, 0.3) is 10.4 Å². The maximum absolute atomic E-state index is 13.2. The molecule has 1 fully saturated rings. The van der Waals surface area contributed by atoms with Gasteiger partial charge in [0.25, 0.3) is 0 Å². The Bertz CT molecular complexity index is 653. The number of aromatic nitrogens is 2. The second-order valence-corrected chi connectivity index (χ2v) is 7.62. The summed E-state index contributed by atoms with van der Waals surface area (Å²) in [5.41, 5.74) is 6.76. The van der Waals surface area contributed by atoms with E-state index in [0.717, 1.165) is 10.8 Å². The van der Waals surface area contributed by atoms with Crippen molar-refractivity contribution in [2.24, 2.45) is 5.11 Å². The Kier molecular flexibility index (Phi) is 4.61. The van der Waals surface area contributed by atoms with Crippen molar-refractivity contribution in [3.05, 3.63) is 43.3 Å². The fraction of sp³-hybridized carbons (Fsp3) is 0.600. The molecule has 8 nitrogen and oxygen atoms in total. The summed E-state index contributed by atoms with van der Waals surface area (Å²) in [4.78, 5) is 27.1. The molecule has 0 amide bonds. The van der Waals surface area contributed by atoms with E-state index in [1.165, 1.54) is 0 Å². The molecule has 1 aromatic heterocycles. The maximum atomic E-state index is 13.2. The van der Waals surface area contributed by atoms with Gasteiger partial charge in [-0.25, -0.2) is 0 Å². The van der Waals surface area contributed by atoms with Gasteiger partial charge in [0.1, 0.15) is 0 Å². The quantitative estimate of drug-likeness (QED) is 0.345. The number of hydrogen-bond acceptors (Lipinski definition) is 4. The Morgan fingerprint density at radius 2 is 2.40 bits per heavy atom. The number of halogens is 1. The predicted molar refractivity (Wildman–Crippen MR) is 69.2 cm³/mol. The number of aliphatic hydroxyl groups is 1. The molecule has 0 aromatic carbocycles. The van der Waals surface area contributed by atoms with Crippen LogP contribution in [0.4, 0.5) is 4.39 Å². The summed E-state index contributed by atoms with van der Waals surface area (Å²) < 4.78 is 14.3. The molecule has 0 aliphatic carbocycles. The summed E-state index contributed by atoms with van der Waals surface area (Å²) in [6.45, 7) is 0.162. The van der Waals surface area contributed by atoms with Crippen LogP contribution < -0.4 is 11.2 Å². The first-order valence-electron chi connectivity index (χ1n) is 5.85. The van der Waals surface area contributed by atoms with E-state index in [0.29, 0.717) is 6.42 Å². The number of aromatic amines is 1. The van der Waals surface area contributed by atoms with Gasteiger partial charge in [-0.2, -0.15) is 0 Å². The molecule has 1 aliphatic heterocycles. The van der Waals surface area contributed by atoms with Crippen molar-refractivity contribution in [2.45, 2.75) is 28.6 Å². The van der Waals surface area contributed by atoms with Gasteiger partial charge in [-0.3, -0.25) is 0 Å². The Labute approximate surface area is 118 Å². The first kappa shape index (κ1) is 14.8. The van der Waals surface area contributed by atoms with E-state index in [-0.39, 0.29) is 43.8 Å². The molecule has 0 radical (unpaired) electrons.